The van der Waals surface area contributed by atoms with Crippen molar-refractivity contribution in [3.8, 4) is 0 Å². The van der Waals surface area contributed by atoms with Gasteiger partial charge in [0.2, 0.25) is 0 Å². The summed E-state index contributed by atoms with van der Waals surface area (Å²) in [6, 6.07) is 0. The lowest BCUT2D eigenvalue weighted by atomic mass is 10.1. The molecule has 0 unspecified atom stereocenters. The highest BCUT2D eigenvalue weighted by Gasteiger charge is 2.07. The van der Waals surface area contributed by atoms with E-state index < -0.39 is 0 Å². The summed E-state index contributed by atoms with van der Waals surface area (Å²) in [7, 11) is 0. The van der Waals surface area contributed by atoms with Crippen LogP contribution in [0.2, 0.25) is 0 Å². The molecule has 21 heavy (non-hydrogen) atoms. The van der Waals surface area contributed by atoms with E-state index in [4.69, 9.17) is 0 Å². The van der Waals surface area contributed by atoms with E-state index in [1.807, 2.05) is 18.7 Å². The molecule has 0 aliphatic rings. The van der Waals surface area contributed by atoms with Gasteiger partial charge in [0, 0.05) is 0 Å². The summed E-state index contributed by atoms with van der Waals surface area (Å²) < 4.78 is 0. The van der Waals surface area contributed by atoms with Gasteiger partial charge in [0.15, 0.2) is 0 Å². The maximum absolute atomic E-state index is 2.31. The van der Waals surface area contributed by atoms with Crippen LogP contribution in [0.5, 0.6) is 0 Å². The Balaban J connectivity index is 0. The zero-order chi connectivity index (χ0) is 16.2. The molecule has 0 saturated heterocycles. The predicted octanol–water partition coefficient (Wildman–Crippen LogP) is 5.64. The van der Waals surface area contributed by atoms with Crippen molar-refractivity contribution < 1.29 is 4.90 Å². The number of hydrogen-bond donors (Lipinski definition) is 1. The van der Waals surface area contributed by atoms with E-state index in [1.165, 1.54) is 96.7 Å². The lowest BCUT2D eigenvalue weighted by Gasteiger charge is -2.19. The lowest BCUT2D eigenvalue weighted by molar-refractivity contribution is -0.900. The molecule has 0 aliphatic carbocycles. The van der Waals surface area contributed by atoms with Crippen molar-refractivity contribution in [2.45, 2.75) is 112 Å². The molecule has 1 heteroatoms. The molecule has 0 fully saturated rings. The average Bonchev–Trinajstić information content (AvgIpc) is 2.53. The second-order valence-corrected chi connectivity index (χ2v) is 6.18. The van der Waals surface area contributed by atoms with Crippen molar-refractivity contribution in [1.82, 2.24) is 0 Å². The van der Waals surface area contributed by atoms with Crippen LogP contribution in [0.15, 0.2) is 0 Å². The second-order valence-electron chi connectivity index (χ2n) is 6.18. The van der Waals surface area contributed by atoms with Crippen molar-refractivity contribution in [2.24, 2.45) is 0 Å². The predicted molar refractivity (Wildman–Crippen MR) is 99.3 cm³/mol. The van der Waals surface area contributed by atoms with Crippen LogP contribution in [0.3, 0.4) is 0 Å². The van der Waals surface area contributed by atoms with Crippen LogP contribution < -0.4 is 4.90 Å². The Morgan fingerprint density at radius 3 is 0.952 bits per heavy atom. The molecule has 0 spiro atoms. The van der Waals surface area contributed by atoms with E-state index in [-0.39, 0.29) is 0 Å². The minimum absolute atomic E-state index is 1.36. The molecule has 0 aromatic carbocycles. The standard InChI is InChI=1S/C18H39N.C2H6/c1-4-7-10-13-16-19(17-14-11-8-5-2)18-15-12-9-6-3;1-2/h4-18H2,1-3H3;1-2H3/p+1. The molecule has 0 aromatic heterocycles. The van der Waals surface area contributed by atoms with Gasteiger partial charge in [0.25, 0.3) is 0 Å². The summed E-state index contributed by atoms with van der Waals surface area (Å²) in [6.07, 6.45) is 17.1. The van der Waals surface area contributed by atoms with E-state index in [0.717, 1.165) is 0 Å². The highest BCUT2D eigenvalue weighted by Crippen LogP contribution is 1.99. The van der Waals surface area contributed by atoms with Crippen molar-refractivity contribution in [3.05, 3.63) is 0 Å². The van der Waals surface area contributed by atoms with E-state index in [2.05, 4.69) is 20.8 Å². The summed E-state index contributed by atoms with van der Waals surface area (Å²) in [6.45, 7) is 15.2. The summed E-state index contributed by atoms with van der Waals surface area (Å²) in [5.74, 6) is 0. The number of hydrogen-bond acceptors (Lipinski definition) is 0. The monoisotopic (exact) mass is 300 g/mol. The molecule has 0 saturated carbocycles. The van der Waals surface area contributed by atoms with Crippen LogP contribution in [0.4, 0.5) is 0 Å². The molecule has 1 N–H and O–H groups in total. The minimum atomic E-state index is 1.36. The number of unbranched alkanes of at least 4 members (excludes halogenated alkanes) is 9. The fraction of sp³-hybridized carbons (Fsp3) is 1.00. The fourth-order valence-corrected chi connectivity index (χ4v) is 2.78. The zero-order valence-electron chi connectivity index (χ0n) is 16.1. The molecular formula is C20H46N+. The van der Waals surface area contributed by atoms with Gasteiger partial charge in [0.1, 0.15) is 0 Å². The van der Waals surface area contributed by atoms with Crippen molar-refractivity contribution >= 4 is 0 Å². The van der Waals surface area contributed by atoms with E-state index in [0.29, 0.717) is 0 Å². The van der Waals surface area contributed by atoms with Crippen molar-refractivity contribution in [3.63, 3.8) is 0 Å². The Labute approximate surface area is 136 Å². The molecule has 0 rings (SSSR count). The van der Waals surface area contributed by atoms with Crippen LogP contribution in [0.1, 0.15) is 112 Å². The Bertz CT molecular complexity index is 127. The SMILES string of the molecule is CC.CCCCCC[NH+](CCCCCC)CCCCCC. The quantitative estimate of drug-likeness (QED) is 0.373. The van der Waals surface area contributed by atoms with Gasteiger partial charge < -0.3 is 4.90 Å². The van der Waals surface area contributed by atoms with Crippen LogP contribution in [-0.4, -0.2) is 19.6 Å². The Kier molecular flexibility index (Phi) is 24.6. The summed E-state index contributed by atoms with van der Waals surface area (Å²) in [5, 5.41) is 0. The fourth-order valence-electron chi connectivity index (χ4n) is 2.78. The highest BCUT2D eigenvalue weighted by molar-refractivity contribution is 4.44. The Morgan fingerprint density at radius 1 is 0.429 bits per heavy atom. The van der Waals surface area contributed by atoms with Gasteiger partial charge in [0.05, 0.1) is 19.6 Å². The zero-order valence-corrected chi connectivity index (χ0v) is 16.1. The van der Waals surface area contributed by atoms with E-state index >= 15 is 0 Å². The molecule has 0 radical (unpaired) electrons. The molecule has 0 aliphatic heterocycles. The maximum Gasteiger partial charge on any atom is 0.0770 e. The van der Waals surface area contributed by atoms with Gasteiger partial charge in [-0.3, -0.25) is 0 Å². The summed E-state index contributed by atoms with van der Waals surface area (Å²) in [5.41, 5.74) is 0. The molecule has 130 valence electrons. The molecule has 0 heterocycles. The number of nitrogens with one attached hydrogen (secondary N) is 1. The van der Waals surface area contributed by atoms with E-state index in [1.54, 1.807) is 0 Å². The molecule has 0 atom stereocenters. The van der Waals surface area contributed by atoms with Crippen molar-refractivity contribution in [1.29, 1.82) is 0 Å². The maximum atomic E-state index is 2.31. The van der Waals surface area contributed by atoms with Gasteiger partial charge >= 0.3 is 0 Å². The first-order chi connectivity index (χ1) is 10.3. The summed E-state index contributed by atoms with van der Waals surface area (Å²) in [4.78, 5) is 1.89. The third-order valence-electron chi connectivity index (χ3n) is 4.15. The van der Waals surface area contributed by atoms with Crippen LogP contribution in [-0.2, 0) is 0 Å². The number of quaternary nitrogens is 1. The van der Waals surface area contributed by atoms with Gasteiger partial charge in [-0.1, -0.05) is 73.1 Å². The molecule has 0 amide bonds. The van der Waals surface area contributed by atoms with Gasteiger partial charge in [-0.2, -0.15) is 0 Å². The smallest absolute Gasteiger partial charge is 0.0770 e. The first-order valence-electron chi connectivity index (χ1n) is 10.2. The van der Waals surface area contributed by atoms with E-state index in [9.17, 15) is 0 Å². The normalized spacial score (nSPS) is 10.6. The third-order valence-corrected chi connectivity index (χ3v) is 4.15. The largest absolute Gasteiger partial charge is 0.335 e. The lowest BCUT2D eigenvalue weighted by Crippen LogP contribution is -3.12. The second kappa shape index (κ2) is 22.2. The molecule has 0 bridgehead atoms. The van der Waals surface area contributed by atoms with Crippen LogP contribution in [0, 0.1) is 0 Å². The molecule has 1 nitrogen and oxygen atoms in total. The topological polar surface area (TPSA) is 4.44 Å². The third kappa shape index (κ3) is 20.0. The van der Waals surface area contributed by atoms with Gasteiger partial charge in [-0.15, -0.1) is 0 Å². The minimum Gasteiger partial charge on any atom is -0.335 e. The highest BCUT2D eigenvalue weighted by atomic mass is 15.1. The first kappa shape index (κ1) is 23.2. The van der Waals surface area contributed by atoms with Crippen molar-refractivity contribution in [2.75, 3.05) is 19.6 Å². The molecule has 0 aromatic rings. The average molecular weight is 301 g/mol. The van der Waals surface area contributed by atoms with Crippen LogP contribution >= 0.6 is 0 Å². The summed E-state index contributed by atoms with van der Waals surface area (Å²) >= 11 is 0. The number of rotatable bonds is 15. The Morgan fingerprint density at radius 2 is 0.714 bits per heavy atom. The van der Waals surface area contributed by atoms with Crippen LogP contribution in [0.25, 0.3) is 0 Å². The molecular weight excluding hydrogens is 254 g/mol. The Hall–Kier alpha value is -0.0400. The van der Waals surface area contributed by atoms with Gasteiger partial charge in [-0.05, 0) is 38.5 Å². The van der Waals surface area contributed by atoms with Gasteiger partial charge in [-0.25, -0.2) is 0 Å². The first-order valence-corrected chi connectivity index (χ1v) is 10.2.